The quantitative estimate of drug-likeness (QED) is 0.877. The molecular formula is C19H24N2O5. The lowest BCUT2D eigenvalue weighted by molar-refractivity contribution is -0.142. The molecule has 7 heteroatoms. The van der Waals surface area contributed by atoms with Crippen LogP contribution in [-0.4, -0.2) is 66.8 Å². The van der Waals surface area contributed by atoms with Gasteiger partial charge in [-0.3, -0.25) is 9.59 Å². The molecule has 0 saturated carbocycles. The molecule has 3 aliphatic rings. The number of aliphatic carboxylic acids is 1. The zero-order chi connectivity index (χ0) is 18.3. The number of hydrogen-bond acceptors (Lipinski definition) is 5. The highest BCUT2D eigenvalue weighted by atomic mass is 16.7. The van der Waals surface area contributed by atoms with Crippen LogP contribution in [0.2, 0.25) is 0 Å². The van der Waals surface area contributed by atoms with E-state index in [0.717, 1.165) is 31.5 Å². The molecule has 3 heterocycles. The second kappa shape index (κ2) is 6.79. The van der Waals surface area contributed by atoms with Gasteiger partial charge in [0.25, 0.3) is 0 Å². The second-order valence-corrected chi connectivity index (χ2v) is 7.48. The van der Waals surface area contributed by atoms with Crippen LogP contribution in [0.15, 0.2) is 18.2 Å². The van der Waals surface area contributed by atoms with Gasteiger partial charge < -0.3 is 24.4 Å². The maximum atomic E-state index is 12.9. The molecule has 3 aliphatic heterocycles. The standard InChI is InChI=1S/C19H24N2O5/c1-20-6-4-12(5-7-20)18(22)21-9-14(15(10-21)19(23)24)13-2-3-16-17(8-13)26-11-25-16/h2-3,8,12,14-15H,4-7,9-11H2,1H3,(H,23,24)/t14-,15+/m0/s1. The van der Waals surface area contributed by atoms with Gasteiger partial charge in [0, 0.05) is 24.9 Å². The van der Waals surface area contributed by atoms with Gasteiger partial charge >= 0.3 is 5.97 Å². The lowest BCUT2D eigenvalue weighted by atomic mass is 9.89. The summed E-state index contributed by atoms with van der Waals surface area (Å²) in [6.07, 6.45) is 1.69. The maximum absolute atomic E-state index is 12.9. The number of rotatable bonds is 3. The summed E-state index contributed by atoms with van der Waals surface area (Å²) in [5.74, 6) is -0.234. The van der Waals surface area contributed by atoms with E-state index in [1.165, 1.54) is 0 Å². The molecule has 0 aromatic heterocycles. The first kappa shape index (κ1) is 17.1. The molecule has 2 fully saturated rings. The van der Waals surface area contributed by atoms with Crippen LogP contribution >= 0.6 is 0 Å². The molecule has 0 unspecified atom stereocenters. The molecule has 0 spiro atoms. The van der Waals surface area contributed by atoms with Crippen molar-refractivity contribution in [3.8, 4) is 11.5 Å². The molecule has 7 nitrogen and oxygen atoms in total. The van der Waals surface area contributed by atoms with Gasteiger partial charge in [-0.2, -0.15) is 0 Å². The Kier molecular flexibility index (Phi) is 4.48. The summed E-state index contributed by atoms with van der Waals surface area (Å²) in [6, 6.07) is 5.56. The molecule has 140 valence electrons. The summed E-state index contributed by atoms with van der Waals surface area (Å²) < 4.78 is 10.7. The van der Waals surface area contributed by atoms with Crippen molar-refractivity contribution in [1.82, 2.24) is 9.80 Å². The second-order valence-electron chi connectivity index (χ2n) is 7.48. The average Bonchev–Trinajstić information content (AvgIpc) is 3.28. The summed E-state index contributed by atoms with van der Waals surface area (Å²) in [7, 11) is 2.06. The van der Waals surface area contributed by atoms with Gasteiger partial charge in [-0.1, -0.05) is 6.07 Å². The number of ether oxygens (including phenoxy) is 2. The molecule has 0 radical (unpaired) electrons. The van der Waals surface area contributed by atoms with Crippen molar-refractivity contribution in [3.63, 3.8) is 0 Å². The van der Waals surface area contributed by atoms with Crippen molar-refractivity contribution >= 4 is 11.9 Å². The SMILES string of the molecule is CN1CCC(C(=O)N2C[C@@H](C(=O)O)[C@H](c3ccc4c(c3)OCO4)C2)CC1. The molecule has 1 amide bonds. The van der Waals surface area contributed by atoms with E-state index < -0.39 is 11.9 Å². The van der Waals surface area contributed by atoms with Gasteiger partial charge in [-0.25, -0.2) is 0 Å². The Bertz CT molecular complexity index is 714. The summed E-state index contributed by atoms with van der Waals surface area (Å²) >= 11 is 0. The third-order valence-electron chi connectivity index (χ3n) is 5.84. The summed E-state index contributed by atoms with van der Waals surface area (Å²) in [5.41, 5.74) is 0.889. The maximum Gasteiger partial charge on any atom is 0.308 e. The van der Waals surface area contributed by atoms with E-state index in [2.05, 4.69) is 11.9 Å². The minimum absolute atomic E-state index is 0.0103. The lowest BCUT2D eigenvalue weighted by Crippen LogP contribution is -2.41. The van der Waals surface area contributed by atoms with Crippen LogP contribution in [0.4, 0.5) is 0 Å². The van der Waals surface area contributed by atoms with Gasteiger partial charge in [-0.05, 0) is 50.7 Å². The summed E-state index contributed by atoms with van der Waals surface area (Å²) in [6.45, 7) is 2.74. The number of nitrogens with zero attached hydrogens (tertiary/aromatic N) is 2. The third-order valence-corrected chi connectivity index (χ3v) is 5.84. The zero-order valence-electron chi connectivity index (χ0n) is 14.9. The number of likely N-dealkylation sites (tertiary alicyclic amines) is 2. The third kappa shape index (κ3) is 3.11. The number of carbonyl (C=O) groups is 2. The monoisotopic (exact) mass is 360 g/mol. The first-order chi connectivity index (χ1) is 12.5. The molecular weight excluding hydrogens is 336 g/mol. The van der Waals surface area contributed by atoms with Crippen molar-refractivity contribution in [3.05, 3.63) is 23.8 Å². The van der Waals surface area contributed by atoms with E-state index in [9.17, 15) is 14.7 Å². The Balaban J connectivity index is 1.52. The Morgan fingerprint density at radius 1 is 1.12 bits per heavy atom. The van der Waals surface area contributed by atoms with E-state index in [4.69, 9.17) is 9.47 Å². The van der Waals surface area contributed by atoms with Crippen LogP contribution in [0, 0.1) is 11.8 Å². The molecule has 1 aromatic carbocycles. The van der Waals surface area contributed by atoms with Crippen molar-refractivity contribution in [2.75, 3.05) is 40.0 Å². The van der Waals surface area contributed by atoms with E-state index in [1.54, 1.807) is 4.90 Å². The van der Waals surface area contributed by atoms with Crippen molar-refractivity contribution in [2.45, 2.75) is 18.8 Å². The molecule has 26 heavy (non-hydrogen) atoms. The fraction of sp³-hybridized carbons (Fsp3) is 0.579. The van der Waals surface area contributed by atoms with Crippen molar-refractivity contribution in [2.24, 2.45) is 11.8 Å². The summed E-state index contributed by atoms with van der Waals surface area (Å²) in [4.78, 5) is 28.7. The largest absolute Gasteiger partial charge is 0.481 e. The van der Waals surface area contributed by atoms with E-state index in [-0.39, 0.29) is 31.1 Å². The highest BCUT2D eigenvalue weighted by Gasteiger charge is 2.42. The fourth-order valence-electron chi connectivity index (χ4n) is 4.23. The number of piperidine rings is 1. The number of carboxylic acids is 1. The number of fused-ring (bicyclic) bond motifs is 1. The summed E-state index contributed by atoms with van der Waals surface area (Å²) in [5, 5.41) is 9.68. The normalized spacial score (nSPS) is 26.3. The fourth-order valence-corrected chi connectivity index (χ4v) is 4.23. The number of benzene rings is 1. The number of hydrogen-bond donors (Lipinski definition) is 1. The molecule has 0 aliphatic carbocycles. The number of amides is 1. The van der Waals surface area contributed by atoms with Gasteiger partial charge in [0.1, 0.15) is 0 Å². The Morgan fingerprint density at radius 2 is 1.85 bits per heavy atom. The molecule has 1 N–H and O–H groups in total. The topological polar surface area (TPSA) is 79.3 Å². The minimum Gasteiger partial charge on any atom is -0.481 e. The Morgan fingerprint density at radius 3 is 2.58 bits per heavy atom. The van der Waals surface area contributed by atoms with Crippen LogP contribution in [-0.2, 0) is 9.59 Å². The molecule has 4 rings (SSSR count). The van der Waals surface area contributed by atoms with Crippen molar-refractivity contribution in [1.29, 1.82) is 0 Å². The van der Waals surface area contributed by atoms with Gasteiger partial charge in [0.2, 0.25) is 12.7 Å². The molecule has 2 atom stereocenters. The van der Waals surface area contributed by atoms with Crippen LogP contribution in [0.3, 0.4) is 0 Å². The highest BCUT2D eigenvalue weighted by molar-refractivity contribution is 5.81. The van der Waals surface area contributed by atoms with Crippen LogP contribution in [0.1, 0.15) is 24.3 Å². The lowest BCUT2D eigenvalue weighted by Gasteiger charge is -2.30. The van der Waals surface area contributed by atoms with Crippen molar-refractivity contribution < 1.29 is 24.2 Å². The van der Waals surface area contributed by atoms with Gasteiger partial charge in [-0.15, -0.1) is 0 Å². The first-order valence-corrected chi connectivity index (χ1v) is 9.12. The smallest absolute Gasteiger partial charge is 0.308 e. The predicted octanol–water partition coefficient (Wildman–Crippen LogP) is 1.38. The van der Waals surface area contributed by atoms with Gasteiger partial charge in [0.05, 0.1) is 5.92 Å². The van der Waals surface area contributed by atoms with Crippen LogP contribution < -0.4 is 9.47 Å². The van der Waals surface area contributed by atoms with Crippen LogP contribution in [0.5, 0.6) is 11.5 Å². The molecule has 0 bridgehead atoms. The number of carbonyl (C=O) groups excluding carboxylic acids is 1. The molecule has 2 saturated heterocycles. The van der Waals surface area contributed by atoms with Crippen LogP contribution in [0.25, 0.3) is 0 Å². The highest BCUT2D eigenvalue weighted by Crippen LogP contribution is 2.40. The first-order valence-electron chi connectivity index (χ1n) is 9.12. The Labute approximate surface area is 152 Å². The number of carboxylic acid groups (broad SMARTS) is 1. The zero-order valence-corrected chi connectivity index (χ0v) is 14.9. The minimum atomic E-state index is -0.855. The predicted molar refractivity (Wildman–Crippen MR) is 93.2 cm³/mol. The van der Waals surface area contributed by atoms with E-state index >= 15 is 0 Å². The average molecular weight is 360 g/mol. The van der Waals surface area contributed by atoms with Gasteiger partial charge in [0.15, 0.2) is 11.5 Å². The van der Waals surface area contributed by atoms with E-state index in [0.29, 0.717) is 18.0 Å². The van der Waals surface area contributed by atoms with E-state index in [1.807, 2.05) is 18.2 Å². The Hall–Kier alpha value is -2.28. The molecule has 1 aromatic rings.